The molecule has 1 heteroatoms. The molecular weight excluding hydrogens is 112 g/mol. The van der Waals surface area contributed by atoms with E-state index in [0.717, 1.165) is 24.0 Å². The fourth-order valence-corrected chi connectivity index (χ4v) is 2.26. The Morgan fingerprint density at radius 2 is 2.11 bits per heavy atom. The Bertz CT molecular complexity index is 140. The van der Waals surface area contributed by atoms with Crippen LogP contribution in [-0.4, -0.2) is 12.2 Å². The third-order valence-corrected chi connectivity index (χ3v) is 3.30. The quantitative estimate of drug-likeness (QED) is 0.483. The van der Waals surface area contributed by atoms with E-state index in [1.54, 1.807) is 0 Å². The van der Waals surface area contributed by atoms with Crippen molar-refractivity contribution in [1.82, 2.24) is 0 Å². The van der Waals surface area contributed by atoms with Gasteiger partial charge in [-0.2, -0.15) is 0 Å². The maximum atomic E-state index is 5.40. The molecule has 1 aliphatic heterocycles. The lowest BCUT2D eigenvalue weighted by molar-refractivity contribution is 0.154. The lowest BCUT2D eigenvalue weighted by atomic mass is 9.67. The summed E-state index contributed by atoms with van der Waals surface area (Å²) in [5, 5.41) is 0. The second-order valence-electron chi connectivity index (χ2n) is 3.73. The van der Waals surface area contributed by atoms with E-state index in [9.17, 15) is 0 Å². The maximum absolute atomic E-state index is 5.40. The van der Waals surface area contributed by atoms with Crippen molar-refractivity contribution < 1.29 is 4.74 Å². The van der Waals surface area contributed by atoms with Crippen molar-refractivity contribution in [2.24, 2.45) is 11.8 Å². The van der Waals surface area contributed by atoms with Crippen LogP contribution in [-0.2, 0) is 4.74 Å². The summed E-state index contributed by atoms with van der Waals surface area (Å²) in [5.41, 5.74) is 0. The molecule has 0 aromatic heterocycles. The Balaban J connectivity index is 1.66. The molecule has 9 heavy (non-hydrogen) atoms. The van der Waals surface area contributed by atoms with Gasteiger partial charge in [0.15, 0.2) is 0 Å². The minimum absolute atomic E-state index is 0.732. The molecule has 1 saturated heterocycles. The zero-order chi connectivity index (χ0) is 5.84. The van der Waals surface area contributed by atoms with Crippen LogP contribution in [0.15, 0.2) is 0 Å². The van der Waals surface area contributed by atoms with Gasteiger partial charge in [-0.05, 0) is 18.3 Å². The first-order chi connectivity index (χ1) is 4.45. The zero-order valence-electron chi connectivity index (χ0n) is 5.55. The highest BCUT2D eigenvalue weighted by Crippen LogP contribution is 2.54. The lowest BCUT2D eigenvalue weighted by Gasteiger charge is -2.36. The molecule has 0 spiro atoms. The van der Waals surface area contributed by atoms with Gasteiger partial charge in [0, 0.05) is 0 Å². The Morgan fingerprint density at radius 1 is 1.22 bits per heavy atom. The molecule has 0 bridgehead atoms. The predicted molar refractivity (Wildman–Crippen MR) is 34.1 cm³/mol. The third-order valence-electron chi connectivity index (χ3n) is 3.30. The van der Waals surface area contributed by atoms with Crippen LogP contribution < -0.4 is 0 Å². The van der Waals surface area contributed by atoms with E-state index in [2.05, 4.69) is 0 Å². The molecule has 0 N–H and O–H groups in total. The van der Waals surface area contributed by atoms with Crippen LogP contribution in [0.2, 0.25) is 0 Å². The highest BCUT2D eigenvalue weighted by atomic mass is 16.6. The summed E-state index contributed by atoms with van der Waals surface area (Å²) in [6.07, 6.45) is 7.36. The van der Waals surface area contributed by atoms with Crippen LogP contribution in [0.5, 0.6) is 0 Å². The molecule has 0 aromatic carbocycles. The molecule has 2 aliphatic carbocycles. The summed E-state index contributed by atoms with van der Waals surface area (Å²) in [6.45, 7) is 0. The van der Waals surface area contributed by atoms with E-state index in [1.165, 1.54) is 25.7 Å². The number of hydrogen-bond acceptors (Lipinski definition) is 1. The minimum atomic E-state index is 0.732. The molecule has 1 heterocycles. The van der Waals surface area contributed by atoms with Gasteiger partial charge in [0.25, 0.3) is 0 Å². The van der Waals surface area contributed by atoms with Gasteiger partial charge in [0.2, 0.25) is 0 Å². The van der Waals surface area contributed by atoms with E-state index < -0.39 is 0 Å². The van der Waals surface area contributed by atoms with Crippen LogP contribution in [0.1, 0.15) is 25.7 Å². The van der Waals surface area contributed by atoms with Crippen molar-refractivity contribution in [3.8, 4) is 0 Å². The fourth-order valence-electron chi connectivity index (χ4n) is 2.26. The summed E-state index contributed by atoms with van der Waals surface area (Å²) in [5.74, 6) is 2.08. The smallest absolute Gasteiger partial charge is 0.0873 e. The molecule has 3 aliphatic rings. The average Bonchev–Trinajstić information content (AvgIpc) is 2.29. The van der Waals surface area contributed by atoms with Crippen molar-refractivity contribution in [3.63, 3.8) is 0 Å². The van der Waals surface area contributed by atoms with Crippen molar-refractivity contribution in [3.05, 3.63) is 0 Å². The van der Waals surface area contributed by atoms with Gasteiger partial charge < -0.3 is 4.74 Å². The Labute approximate surface area is 55.4 Å². The van der Waals surface area contributed by atoms with E-state index in [4.69, 9.17) is 4.74 Å². The van der Waals surface area contributed by atoms with Crippen molar-refractivity contribution in [1.29, 1.82) is 0 Å². The van der Waals surface area contributed by atoms with Gasteiger partial charge in [0.05, 0.1) is 12.2 Å². The van der Waals surface area contributed by atoms with Gasteiger partial charge in [-0.25, -0.2) is 0 Å². The molecule has 3 rings (SSSR count). The molecule has 3 unspecified atom stereocenters. The normalized spacial score (nSPS) is 55.3. The third kappa shape index (κ3) is 0.493. The molecular formula is C8H12O. The summed E-state index contributed by atoms with van der Waals surface area (Å²) >= 11 is 0. The van der Waals surface area contributed by atoms with Crippen LogP contribution in [0, 0.1) is 11.8 Å². The van der Waals surface area contributed by atoms with Gasteiger partial charge >= 0.3 is 0 Å². The Hall–Kier alpha value is -0.0400. The van der Waals surface area contributed by atoms with Gasteiger partial charge in [0.1, 0.15) is 0 Å². The summed E-state index contributed by atoms with van der Waals surface area (Å²) in [6, 6.07) is 0. The first-order valence-corrected chi connectivity index (χ1v) is 4.10. The molecule has 0 aromatic rings. The Kier molecular flexibility index (Phi) is 0.704. The largest absolute Gasteiger partial charge is 0.369 e. The van der Waals surface area contributed by atoms with Gasteiger partial charge in [-0.15, -0.1) is 0 Å². The van der Waals surface area contributed by atoms with Crippen LogP contribution in [0.25, 0.3) is 0 Å². The van der Waals surface area contributed by atoms with E-state index >= 15 is 0 Å². The standard InChI is InChI=1S/C8H12O/c1-2-5(3-1)6-4-7-8(6)9-7/h5-8H,1-4H2. The molecule has 50 valence electrons. The fraction of sp³-hybridized carbons (Fsp3) is 1.00. The molecule has 0 amide bonds. The number of fused-ring (bicyclic) bond motifs is 1. The first-order valence-electron chi connectivity index (χ1n) is 4.10. The maximum Gasteiger partial charge on any atom is 0.0873 e. The molecule has 2 saturated carbocycles. The van der Waals surface area contributed by atoms with Crippen molar-refractivity contribution in [2.45, 2.75) is 37.9 Å². The summed E-state index contributed by atoms with van der Waals surface area (Å²) in [7, 11) is 0. The van der Waals surface area contributed by atoms with E-state index in [0.29, 0.717) is 0 Å². The van der Waals surface area contributed by atoms with Crippen LogP contribution in [0.3, 0.4) is 0 Å². The summed E-state index contributed by atoms with van der Waals surface area (Å²) < 4.78 is 5.40. The van der Waals surface area contributed by atoms with E-state index in [-0.39, 0.29) is 0 Å². The average molecular weight is 124 g/mol. The second kappa shape index (κ2) is 1.34. The predicted octanol–water partition coefficient (Wildman–Crippen LogP) is 1.57. The number of epoxide rings is 1. The highest BCUT2D eigenvalue weighted by Gasteiger charge is 2.58. The number of hydrogen-bond donors (Lipinski definition) is 0. The van der Waals surface area contributed by atoms with Crippen molar-refractivity contribution >= 4 is 0 Å². The van der Waals surface area contributed by atoms with E-state index in [1.807, 2.05) is 0 Å². The van der Waals surface area contributed by atoms with Crippen LogP contribution >= 0.6 is 0 Å². The monoisotopic (exact) mass is 124 g/mol. The van der Waals surface area contributed by atoms with Crippen molar-refractivity contribution in [2.75, 3.05) is 0 Å². The minimum Gasteiger partial charge on any atom is -0.369 e. The molecule has 1 nitrogen and oxygen atoms in total. The van der Waals surface area contributed by atoms with Gasteiger partial charge in [-0.1, -0.05) is 19.3 Å². The van der Waals surface area contributed by atoms with Gasteiger partial charge in [-0.3, -0.25) is 0 Å². The lowest BCUT2D eigenvalue weighted by Crippen LogP contribution is -2.34. The number of rotatable bonds is 1. The first kappa shape index (κ1) is 4.73. The second-order valence-corrected chi connectivity index (χ2v) is 3.73. The molecule has 0 radical (unpaired) electrons. The topological polar surface area (TPSA) is 12.5 Å². The SMILES string of the molecule is C1CC(C2CC3OC32)C1. The molecule has 3 atom stereocenters. The Morgan fingerprint density at radius 3 is 2.44 bits per heavy atom. The molecule has 3 fully saturated rings. The highest BCUT2D eigenvalue weighted by molar-refractivity contribution is 5.06. The summed E-state index contributed by atoms with van der Waals surface area (Å²) in [4.78, 5) is 0. The zero-order valence-corrected chi connectivity index (χ0v) is 5.55. The number of ether oxygens (including phenoxy) is 1. The van der Waals surface area contributed by atoms with Crippen LogP contribution in [0.4, 0.5) is 0 Å².